The molecule has 6 nitrogen and oxygen atoms in total. The zero-order chi connectivity index (χ0) is 19.1. The van der Waals surface area contributed by atoms with Crippen LogP contribution >= 0.6 is 24.0 Å². The monoisotopic (exact) mass is 483 g/mol. The van der Waals surface area contributed by atoms with Crippen LogP contribution in [0.4, 0.5) is 5.69 Å². The van der Waals surface area contributed by atoms with Gasteiger partial charge in [-0.1, -0.05) is 26.0 Å². The molecule has 1 heterocycles. The molecule has 1 aromatic heterocycles. The van der Waals surface area contributed by atoms with Crippen molar-refractivity contribution in [2.24, 2.45) is 18.0 Å². The fourth-order valence-electron chi connectivity index (χ4n) is 2.54. The molecule has 2 N–H and O–H groups in total. The minimum Gasteiger partial charge on any atom is -0.353 e. The molecule has 0 saturated heterocycles. The van der Waals surface area contributed by atoms with Crippen molar-refractivity contribution >= 4 is 41.5 Å². The molecule has 0 aliphatic heterocycles. The lowest BCUT2D eigenvalue weighted by molar-refractivity contribution is -0.118. The number of anilines is 1. The van der Waals surface area contributed by atoms with Crippen molar-refractivity contribution in [1.82, 2.24) is 14.8 Å². The van der Waals surface area contributed by atoms with Crippen LogP contribution in [-0.4, -0.2) is 35.4 Å². The van der Waals surface area contributed by atoms with Crippen LogP contribution in [0.3, 0.4) is 0 Å². The van der Waals surface area contributed by atoms with E-state index in [2.05, 4.69) is 31.2 Å². The van der Waals surface area contributed by atoms with Gasteiger partial charge in [0.25, 0.3) is 0 Å². The fourth-order valence-corrected chi connectivity index (χ4v) is 2.54. The first-order chi connectivity index (χ1) is 12.4. The Balaban J connectivity index is 0.00000364. The number of carbonyl (C=O) groups excluding carboxylic acids is 1. The number of hydrogen-bond acceptors (Lipinski definition) is 2. The number of carbonyl (C=O) groups is 1. The minimum absolute atomic E-state index is 0. The molecule has 0 atom stereocenters. The number of halogens is 1. The Bertz CT molecular complexity index is 752. The van der Waals surface area contributed by atoms with Crippen LogP contribution in [-0.2, 0) is 24.9 Å². The van der Waals surface area contributed by atoms with Gasteiger partial charge in [0.05, 0.1) is 6.54 Å². The van der Waals surface area contributed by atoms with Crippen molar-refractivity contribution in [2.75, 3.05) is 19.4 Å². The second-order valence-corrected chi connectivity index (χ2v) is 6.71. The van der Waals surface area contributed by atoms with E-state index < -0.39 is 0 Å². The molecular formula is C20H30IN5O. The molecule has 1 aromatic carbocycles. The maximum atomic E-state index is 11.7. The summed E-state index contributed by atoms with van der Waals surface area (Å²) in [7, 11) is 5.85. The third-order valence-electron chi connectivity index (χ3n) is 4.22. The first-order valence-electron chi connectivity index (χ1n) is 8.82. The summed E-state index contributed by atoms with van der Waals surface area (Å²) < 4.78 is 2.11. The van der Waals surface area contributed by atoms with E-state index in [4.69, 9.17) is 0 Å². The van der Waals surface area contributed by atoms with E-state index in [9.17, 15) is 4.79 Å². The quantitative estimate of drug-likeness (QED) is 0.376. The molecule has 148 valence electrons. The van der Waals surface area contributed by atoms with Crippen molar-refractivity contribution in [1.29, 1.82) is 0 Å². The number of hydrogen-bond donors (Lipinski definition) is 2. The van der Waals surface area contributed by atoms with E-state index in [1.54, 1.807) is 7.05 Å². The number of aryl methyl sites for hydroxylation is 1. The highest BCUT2D eigenvalue weighted by Crippen LogP contribution is 2.11. The molecule has 0 bridgehead atoms. The highest BCUT2D eigenvalue weighted by molar-refractivity contribution is 14.0. The van der Waals surface area contributed by atoms with Gasteiger partial charge in [-0.3, -0.25) is 9.79 Å². The van der Waals surface area contributed by atoms with Crippen molar-refractivity contribution in [2.45, 2.75) is 26.9 Å². The zero-order valence-corrected chi connectivity index (χ0v) is 19.0. The van der Waals surface area contributed by atoms with E-state index in [-0.39, 0.29) is 35.8 Å². The van der Waals surface area contributed by atoms with Crippen LogP contribution in [0.25, 0.3) is 0 Å². The van der Waals surface area contributed by atoms with Gasteiger partial charge in [-0.25, -0.2) is 0 Å². The maximum absolute atomic E-state index is 11.7. The fraction of sp³-hybridized carbons (Fsp3) is 0.400. The average Bonchev–Trinajstić information content (AvgIpc) is 3.01. The predicted octanol–water partition coefficient (Wildman–Crippen LogP) is 3.45. The Morgan fingerprint density at radius 1 is 1.22 bits per heavy atom. The zero-order valence-electron chi connectivity index (χ0n) is 16.7. The highest BCUT2D eigenvalue weighted by atomic mass is 127. The molecular weight excluding hydrogens is 453 g/mol. The van der Waals surface area contributed by atoms with E-state index >= 15 is 0 Å². The standard InChI is InChI=1S/C20H29N5O.HI/c1-15(2)19(26)23-17-10-8-16(9-11-17)13-22-20(21-3)25(5)14-18-7-6-12-24(18)4;/h6-12,15H,13-14H2,1-5H3,(H,21,22)(H,23,26);1H. The molecule has 0 unspecified atom stereocenters. The number of aromatic nitrogens is 1. The van der Waals surface area contributed by atoms with Crippen LogP contribution in [0, 0.1) is 5.92 Å². The van der Waals surface area contributed by atoms with Gasteiger partial charge in [0.1, 0.15) is 0 Å². The van der Waals surface area contributed by atoms with Crippen LogP contribution in [0.2, 0.25) is 0 Å². The molecule has 0 radical (unpaired) electrons. The third-order valence-corrected chi connectivity index (χ3v) is 4.22. The van der Waals surface area contributed by atoms with Gasteiger partial charge in [-0.05, 0) is 29.8 Å². The number of benzene rings is 1. The third kappa shape index (κ3) is 6.89. The summed E-state index contributed by atoms with van der Waals surface area (Å²) in [5.41, 5.74) is 3.17. The summed E-state index contributed by atoms with van der Waals surface area (Å²) in [5.74, 6) is 0.835. The van der Waals surface area contributed by atoms with Gasteiger partial charge in [0.15, 0.2) is 5.96 Å². The molecule has 0 aliphatic rings. The number of nitrogens with one attached hydrogen (secondary N) is 2. The smallest absolute Gasteiger partial charge is 0.226 e. The van der Waals surface area contributed by atoms with Gasteiger partial charge >= 0.3 is 0 Å². The predicted molar refractivity (Wildman–Crippen MR) is 122 cm³/mol. The Hall–Kier alpha value is -2.03. The van der Waals surface area contributed by atoms with Gasteiger partial charge in [-0.15, -0.1) is 24.0 Å². The summed E-state index contributed by atoms with van der Waals surface area (Å²) in [6.07, 6.45) is 2.04. The number of rotatable bonds is 6. The van der Waals surface area contributed by atoms with Gasteiger partial charge in [0.2, 0.25) is 5.91 Å². The van der Waals surface area contributed by atoms with Crippen molar-refractivity contribution in [3.05, 3.63) is 53.9 Å². The minimum atomic E-state index is -0.0283. The molecule has 7 heteroatoms. The van der Waals surface area contributed by atoms with Crippen molar-refractivity contribution in [3.8, 4) is 0 Å². The van der Waals surface area contributed by atoms with E-state index in [0.717, 1.165) is 23.8 Å². The largest absolute Gasteiger partial charge is 0.353 e. The summed E-state index contributed by atoms with van der Waals surface area (Å²) in [4.78, 5) is 18.2. The van der Waals surface area contributed by atoms with E-state index in [1.165, 1.54) is 5.69 Å². The maximum Gasteiger partial charge on any atom is 0.226 e. The molecule has 0 spiro atoms. The summed E-state index contributed by atoms with van der Waals surface area (Å²) >= 11 is 0. The number of guanidine groups is 1. The second-order valence-electron chi connectivity index (χ2n) is 6.71. The highest BCUT2D eigenvalue weighted by Gasteiger charge is 2.09. The van der Waals surface area contributed by atoms with Crippen molar-refractivity contribution < 1.29 is 4.79 Å². The van der Waals surface area contributed by atoms with Crippen LogP contribution in [0.1, 0.15) is 25.1 Å². The lowest BCUT2D eigenvalue weighted by atomic mass is 10.1. The number of amides is 1. The van der Waals surface area contributed by atoms with E-state index in [1.807, 2.05) is 64.5 Å². The molecule has 0 aliphatic carbocycles. The molecule has 0 saturated carbocycles. The van der Waals surface area contributed by atoms with Crippen LogP contribution in [0.15, 0.2) is 47.6 Å². The molecule has 2 aromatic rings. The Labute approximate surface area is 179 Å². The topological polar surface area (TPSA) is 61.7 Å². The average molecular weight is 483 g/mol. The Morgan fingerprint density at radius 3 is 2.41 bits per heavy atom. The number of nitrogens with zero attached hydrogens (tertiary/aromatic N) is 3. The molecule has 2 rings (SSSR count). The van der Waals surface area contributed by atoms with Gasteiger partial charge in [0, 0.05) is 51.2 Å². The Morgan fingerprint density at radius 2 is 1.89 bits per heavy atom. The number of aliphatic imine (C=N–C) groups is 1. The normalized spacial score (nSPS) is 11.1. The van der Waals surface area contributed by atoms with Gasteiger partial charge in [-0.2, -0.15) is 0 Å². The van der Waals surface area contributed by atoms with E-state index in [0.29, 0.717) is 6.54 Å². The first-order valence-corrected chi connectivity index (χ1v) is 8.82. The summed E-state index contributed by atoms with van der Waals surface area (Å²) in [6, 6.07) is 12.0. The lowest BCUT2D eigenvalue weighted by Gasteiger charge is -2.22. The molecule has 27 heavy (non-hydrogen) atoms. The van der Waals surface area contributed by atoms with Crippen molar-refractivity contribution in [3.63, 3.8) is 0 Å². The van der Waals surface area contributed by atoms with Crippen LogP contribution in [0.5, 0.6) is 0 Å². The lowest BCUT2D eigenvalue weighted by Crippen LogP contribution is -2.38. The summed E-state index contributed by atoms with van der Waals surface area (Å²) in [6.45, 7) is 5.21. The molecule has 1 amide bonds. The van der Waals surface area contributed by atoms with Crippen LogP contribution < -0.4 is 10.6 Å². The first kappa shape index (κ1) is 23.0. The molecule has 0 fully saturated rings. The SMILES string of the molecule is CN=C(NCc1ccc(NC(=O)C(C)C)cc1)N(C)Cc1cccn1C.I. The Kier molecular flexibility index (Phi) is 9.34. The second kappa shape index (κ2) is 11.0. The van der Waals surface area contributed by atoms with Gasteiger partial charge < -0.3 is 20.1 Å². The summed E-state index contributed by atoms with van der Waals surface area (Å²) in [5, 5.41) is 6.27.